The molecule has 0 unspecified atom stereocenters. The van der Waals surface area contributed by atoms with Crippen LogP contribution in [-0.2, 0) is 14.6 Å². The highest BCUT2D eigenvalue weighted by atomic mass is 32.2. The minimum Gasteiger partial charge on any atom is -0.354 e. The first-order valence-corrected chi connectivity index (χ1v) is 10.1. The maximum absolute atomic E-state index is 13.3. The average molecular weight is 375 g/mol. The van der Waals surface area contributed by atoms with Gasteiger partial charge >= 0.3 is 0 Å². The molecular formula is C20H26N2O3S. The zero-order valence-corrected chi connectivity index (χ0v) is 16.7. The summed E-state index contributed by atoms with van der Waals surface area (Å²) in [5.74, 6) is -0.193. The predicted octanol–water partition coefficient (Wildman–Crippen LogP) is 3.38. The van der Waals surface area contributed by atoms with E-state index in [1.165, 1.54) is 6.20 Å². The molecule has 2 aromatic rings. The molecule has 6 heteroatoms. The summed E-state index contributed by atoms with van der Waals surface area (Å²) in [6, 6.07) is 8.52. The Morgan fingerprint density at radius 2 is 1.85 bits per heavy atom. The monoisotopic (exact) mass is 374 g/mol. The number of pyridine rings is 1. The molecule has 0 aliphatic heterocycles. The van der Waals surface area contributed by atoms with E-state index in [-0.39, 0.29) is 17.3 Å². The molecule has 140 valence electrons. The molecule has 0 radical (unpaired) electrons. The van der Waals surface area contributed by atoms with E-state index < -0.39 is 20.5 Å². The molecule has 0 saturated heterocycles. The maximum Gasteiger partial charge on any atom is 0.225 e. The molecule has 0 bridgehead atoms. The number of aryl methyl sites for hydroxylation is 2. The second-order valence-corrected chi connectivity index (χ2v) is 9.66. The Labute approximate surface area is 155 Å². The summed E-state index contributed by atoms with van der Waals surface area (Å²) in [5.41, 5.74) is 1.90. The van der Waals surface area contributed by atoms with E-state index in [4.69, 9.17) is 0 Å². The molecule has 1 N–H and O–H groups in total. The number of nitrogens with zero attached hydrogens (tertiary/aromatic N) is 1. The van der Waals surface area contributed by atoms with E-state index in [1.807, 2.05) is 13.8 Å². The van der Waals surface area contributed by atoms with E-state index in [0.717, 1.165) is 11.1 Å². The van der Waals surface area contributed by atoms with Gasteiger partial charge in [-0.3, -0.25) is 9.78 Å². The molecular weight excluding hydrogens is 348 g/mol. The predicted molar refractivity (Wildman–Crippen MR) is 103 cm³/mol. The molecule has 1 heterocycles. The van der Waals surface area contributed by atoms with Crippen LogP contribution in [-0.4, -0.2) is 25.9 Å². The van der Waals surface area contributed by atoms with E-state index in [9.17, 15) is 13.2 Å². The minimum atomic E-state index is -3.69. The van der Waals surface area contributed by atoms with Crippen LogP contribution in [0, 0.1) is 19.3 Å². The summed E-state index contributed by atoms with van der Waals surface area (Å²) in [7, 11) is -3.69. The second-order valence-electron chi connectivity index (χ2n) is 7.53. The number of hydrogen-bond donors (Lipinski definition) is 1. The Kier molecular flexibility index (Phi) is 5.86. The molecule has 5 nitrogen and oxygen atoms in total. The fourth-order valence-corrected chi connectivity index (χ4v) is 4.21. The fourth-order valence-electron chi connectivity index (χ4n) is 2.48. The standard InChI is InChI=1S/C20H26N2O3S/c1-14-8-9-17(11-15(14)2)26(24,25)18(16-7-6-10-21-12-16)13-22-19(23)20(3,4)5/h6-12,18H,13H2,1-5H3,(H,22,23)/t18-/m1/s1. The van der Waals surface area contributed by atoms with Crippen molar-refractivity contribution in [3.8, 4) is 0 Å². The van der Waals surface area contributed by atoms with Gasteiger partial charge in [0.25, 0.3) is 0 Å². The van der Waals surface area contributed by atoms with Gasteiger partial charge in [0.05, 0.1) is 4.90 Å². The van der Waals surface area contributed by atoms with Crippen LogP contribution in [0.1, 0.15) is 42.7 Å². The summed E-state index contributed by atoms with van der Waals surface area (Å²) in [6.45, 7) is 9.19. The number of amides is 1. The van der Waals surface area contributed by atoms with Crippen LogP contribution < -0.4 is 5.32 Å². The third-order valence-corrected chi connectivity index (χ3v) is 6.47. The lowest BCUT2D eigenvalue weighted by Crippen LogP contribution is -2.38. The summed E-state index contributed by atoms with van der Waals surface area (Å²) >= 11 is 0. The van der Waals surface area contributed by atoms with Crippen molar-refractivity contribution >= 4 is 15.7 Å². The Bertz CT molecular complexity index is 885. The number of carbonyl (C=O) groups excluding carboxylic acids is 1. The number of carbonyl (C=O) groups is 1. The fraction of sp³-hybridized carbons (Fsp3) is 0.400. The van der Waals surface area contributed by atoms with Crippen LogP contribution >= 0.6 is 0 Å². The van der Waals surface area contributed by atoms with Gasteiger partial charge in [0.15, 0.2) is 9.84 Å². The Morgan fingerprint density at radius 3 is 2.38 bits per heavy atom. The van der Waals surface area contributed by atoms with Gasteiger partial charge in [-0.05, 0) is 48.7 Å². The van der Waals surface area contributed by atoms with Crippen LogP contribution in [0.25, 0.3) is 0 Å². The van der Waals surface area contributed by atoms with Gasteiger partial charge in [-0.2, -0.15) is 0 Å². The molecule has 2 rings (SSSR count). The maximum atomic E-state index is 13.3. The lowest BCUT2D eigenvalue weighted by atomic mass is 9.95. The lowest BCUT2D eigenvalue weighted by molar-refractivity contribution is -0.128. The van der Waals surface area contributed by atoms with Crippen molar-refractivity contribution in [2.45, 2.75) is 44.8 Å². The topological polar surface area (TPSA) is 76.1 Å². The van der Waals surface area contributed by atoms with E-state index in [0.29, 0.717) is 5.56 Å². The first-order chi connectivity index (χ1) is 12.0. The molecule has 0 aliphatic rings. The Morgan fingerprint density at radius 1 is 1.15 bits per heavy atom. The van der Waals surface area contributed by atoms with Gasteiger partial charge in [-0.25, -0.2) is 8.42 Å². The largest absolute Gasteiger partial charge is 0.354 e. The minimum absolute atomic E-state index is 0.00292. The van der Waals surface area contributed by atoms with Crippen molar-refractivity contribution in [3.05, 3.63) is 59.4 Å². The summed E-state index contributed by atoms with van der Waals surface area (Å²) in [5, 5.41) is 1.88. The normalized spacial score (nSPS) is 13.3. The van der Waals surface area contributed by atoms with Crippen molar-refractivity contribution in [2.75, 3.05) is 6.54 Å². The Balaban J connectivity index is 2.42. The quantitative estimate of drug-likeness (QED) is 0.870. The van der Waals surface area contributed by atoms with Crippen molar-refractivity contribution < 1.29 is 13.2 Å². The highest BCUT2D eigenvalue weighted by Crippen LogP contribution is 2.29. The van der Waals surface area contributed by atoms with Crippen LogP contribution in [0.2, 0.25) is 0 Å². The van der Waals surface area contributed by atoms with Crippen LogP contribution in [0.5, 0.6) is 0 Å². The van der Waals surface area contributed by atoms with Gasteiger partial charge in [-0.1, -0.05) is 32.9 Å². The van der Waals surface area contributed by atoms with Crippen molar-refractivity contribution in [3.63, 3.8) is 0 Å². The van der Waals surface area contributed by atoms with Crippen LogP contribution in [0.15, 0.2) is 47.6 Å². The lowest BCUT2D eigenvalue weighted by Gasteiger charge is -2.22. The number of aromatic nitrogens is 1. The molecule has 0 fully saturated rings. The van der Waals surface area contributed by atoms with Gasteiger partial charge in [-0.15, -0.1) is 0 Å². The molecule has 1 aromatic carbocycles. The summed E-state index contributed by atoms with van der Waals surface area (Å²) < 4.78 is 26.6. The van der Waals surface area contributed by atoms with Crippen LogP contribution in [0.4, 0.5) is 0 Å². The molecule has 0 saturated carbocycles. The van der Waals surface area contributed by atoms with Crippen LogP contribution in [0.3, 0.4) is 0 Å². The highest BCUT2D eigenvalue weighted by molar-refractivity contribution is 7.91. The van der Waals surface area contributed by atoms with Crippen molar-refractivity contribution in [1.82, 2.24) is 10.3 Å². The third kappa shape index (κ3) is 4.49. The molecule has 1 aromatic heterocycles. The zero-order chi connectivity index (χ0) is 19.5. The number of nitrogens with one attached hydrogen (secondary N) is 1. The highest BCUT2D eigenvalue weighted by Gasteiger charge is 2.31. The number of benzene rings is 1. The average Bonchev–Trinajstić information content (AvgIpc) is 2.57. The van der Waals surface area contributed by atoms with E-state index in [1.54, 1.807) is 57.3 Å². The summed E-state index contributed by atoms with van der Waals surface area (Å²) in [6.07, 6.45) is 3.13. The van der Waals surface area contributed by atoms with Gasteiger partial charge in [0.2, 0.25) is 5.91 Å². The van der Waals surface area contributed by atoms with Gasteiger partial charge < -0.3 is 5.32 Å². The number of hydrogen-bond acceptors (Lipinski definition) is 4. The first kappa shape index (κ1) is 20.1. The third-order valence-electron chi connectivity index (χ3n) is 4.37. The Hall–Kier alpha value is -2.21. The number of sulfone groups is 1. The summed E-state index contributed by atoms with van der Waals surface area (Å²) in [4.78, 5) is 16.5. The van der Waals surface area contributed by atoms with E-state index >= 15 is 0 Å². The molecule has 0 aliphatic carbocycles. The zero-order valence-electron chi connectivity index (χ0n) is 15.9. The molecule has 1 amide bonds. The molecule has 0 spiro atoms. The molecule has 26 heavy (non-hydrogen) atoms. The SMILES string of the molecule is Cc1ccc(S(=O)(=O)[C@H](CNC(=O)C(C)(C)C)c2cccnc2)cc1C. The van der Waals surface area contributed by atoms with Crippen molar-refractivity contribution in [1.29, 1.82) is 0 Å². The first-order valence-electron chi connectivity index (χ1n) is 8.53. The number of rotatable bonds is 5. The molecule has 1 atom stereocenters. The van der Waals surface area contributed by atoms with E-state index in [2.05, 4.69) is 10.3 Å². The van der Waals surface area contributed by atoms with Crippen molar-refractivity contribution in [2.24, 2.45) is 5.41 Å². The second kappa shape index (κ2) is 7.58. The smallest absolute Gasteiger partial charge is 0.225 e. The van der Waals surface area contributed by atoms with Gasteiger partial charge in [0.1, 0.15) is 5.25 Å². The van der Waals surface area contributed by atoms with Gasteiger partial charge in [0, 0.05) is 24.4 Å².